The molecule has 2 unspecified atom stereocenters. The summed E-state index contributed by atoms with van der Waals surface area (Å²) >= 11 is 0. The van der Waals surface area contributed by atoms with E-state index in [0.29, 0.717) is 6.42 Å². The Labute approximate surface area is 138 Å². The van der Waals surface area contributed by atoms with Gasteiger partial charge in [-0.25, -0.2) is 0 Å². The summed E-state index contributed by atoms with van der Waals surface area (Å²) in [4.78, 5) is 37.3. The maximum Gasteiger partial charge on any atom is 0.322 e. The molecule has 8 heteroatoms. The Morgan fingerprint density at radius 2 is 1.96 bits per heavy atom. The van der Waals surface area contributed by atoms with Gasteiger partial charge in [-0.3, -0.25) is 14.4 Å². The van der Waals surface area contributed by atoms with Crippen molar-refractivity contribution >= 4 is 28.7 Å². The molecular weight excluding hydrogens is 312 g/mol. The predicted molar refractivity (Wildman–Crippen MR) is 88.2 cm³/mol. The standard InChI is InChI=1S/C16H20N4O4/c1-9(15(23)19-8-14(21)22)20-16(24)12(17)6-10-7-18-13-5-3-2-4-11(10)13/h2-5,7,9,12,18H,6,8,17H2,1H3,(H,19,23)(H,20,24)(H,21,22). The minimum absolute atomic E-state index is 0.319. The van der Waals surface area contributed by atoms with Gasteiger partial charge in [0.1, 0.15) is 12.6 Å². The first-order valence-electron chi connectivity index (χ1n) is 7.49. The molecule has 24 heavy (non-hydrogen) atoms. The molecule has 6 N–H and O–H groups in total. The third-order valence-corrected chi connectivity index (χ3v) is 3.62. The number of carboxylic acids is 1. The van der Waals surface area contributed by atoms with Crippen LogP contribution in [-0.2, 0) is 20.8 Å². The number of hydrogen-bond donors (Lipinski definition) is 5. The van der Waals surface area contributed by atoms with E-state index in [1.807, 2.05) is 24.3 Å². The van der Waals surface area contributed by atoms with Crippen molar-refractivity contribution in [2.75, 3.05) is 6.54 Å². The number of benzene rings is 1. The van der Waals surface area contributed by atoms with Gasteiger partial charge in [0.25, 0.3) is 0 Å². The zero-order valence-corrected chi connectivity index (χ0v) is 13.2. The minimum Gasteiger partial charge on any atom is -0.480 e. The van der Waals surface area contributed by atoms with Crippen molar-refractivity contribution in [2.24, 2.45) is 5.73 Å². The van der Waals surface area contributed by atoms with Crippen LogP contribution in [0.25, 0.3) is 10.9 Å². The summed E-state index contributed by atoms with van der Waals surface area (Å²) in [6, 6.07) is 5.99. The van der Waals surface area contributed by atoms with Gasteiger partial charge in [-0.1, -0.05) is 18.2 Å². The third kappa shape index (κ3) is 4.32. The fraction of sp³-hybridized carbons (Fsp3) is 0.312. The van der Waals surface area contributed by atoms with E-state index in [2.05, 4.69) is 15.6 Å². The van der Waals surface area contributed by atoms with Gasteiger partial charge in [-0.15, -0.1) is 0 Å². The molecule has 0 aliphatic heterocycles. The number of para-hydroxylation sites is 1. The Morgan fingerprint density at radius 3 is 2.67 bits per heavy atom. The summed E-state index contributed by atoms with van der Waals surface area (Å²) in [5.41, 5.74) is 7.79. The summed E-state index contributed by atoms with van der Waals surface area (Å²) < 4.78 is 0. The summed E-state index contributed by atoms with van der Waals surface area (Å²) in [7, 11) is 0. The highest BCUT2D eigenvalue weighted by atomic mass is 16.4. The monoisotopic (exact) mass is 332 g/mol. The molecular formula is C16H20N4O4. The number of aromatic nitrogens is 1. The van der Waals surface area contributed by atoms with E-state index in [-0.39, 0.29) is 0 Å². The van der Waals surface area contributed by atoms with Crippen molar-refractivity contribution in [1.82, 2.24) is 15.6 Å². The Hall–Kier alpha value is -2.87. The molecule has 0 fully saturated rings. The van der Waals surface area contributed by atoms with Crippen LogP contribution in [0.5, 0.6) is 0 Å². The minimum atomic E-state index is -1.15. The lowest BCUT2D eigenvalue weighted by Gasteiger charge is -2.16. The van der Waals surface area contributed by atoms with Crippen LogP contribution < -0.4 is 16.4 Å². The number of aliphatic carboxylic acids is 1. The number of rotatable bonds is 7. The first-order chi connectivity index (χ1) is 11.4. The zero-order chi connectivity index (χ0) is 17.7. The average Bonchev–Trinajstić information content (AvgIpc) is 2.95. The molecule has 0 saturated carbocycles. The number of nitrogens with two attached hydrogens (primary N) is 1. The molecule has 128 valence electrons. The van der Waals surface area contributed by atoms with E-state index >= 15 is 0 Å². The van der Waals surface area contributed by atoms with E-state index in [4.69, 9.17) is 10.8 Å². The third-order valence-electron chi connectivity index (χ3n) is 3.62. The number of nitrogens with one attached hydrogen (secondary N) is 3. The molecule has 0 aliphatic carbocycles. The Kier molecular flexibility index (Phi) is 5.54. The van der Waals surface area contributed by atoms with Crippen LogP contribution in [0.15, 0.2) is 30.5 Å². The summed E-state index contributed by atoms with van der Waals surface area (Å²) in [5.74, 6) is -2.21. The van der Waals surface area contributed by atoms with Crippen molar-refractivity contribution < 1.29 is 19.5 Å². The lowest BCUT2D eigenvalue weighted by molar-refractivity contribution is -0.138. The Balaban J connectivity index is 1.92. The lowest BCUT2D eigenvalue weighted by Crippen LogP contribution is -2.51. The van der Waals surface area contributed by atoms with E-state index in [9.17, 15) is 14.4 Å². The van der Waals surface area contributed by atoms with Gasteiger partial charge in [-0.2, -0.15) is 0 Å². The molecule has 1 aromatic carbocycles. The quantitative estimate of drug-likeness (QED) is 0.476. The van der Waals surface area contributed by atoms with Gasteiger partial charge in [-0.05, 0) is 25.0 Å². The summed E-state index contributed by atoms with van der Waals surface area (Å²) in [6.45, 7) is 0.966. The highest BCUT2D eigenvalue weighted by Crippen LogP contribution is 2.18. The van der Waals surface area contributed by atoms with Crippen LogP contribution in [-0.4, -0.2) is 46.5 Å². The highest BCUT2D eigenvalue weighted by Gasteiger charge is 2.21. The molecule has 0 saturated heterocycles. The number of hydrogen-bond acceptors (Lipinski definition) is 4. The smallest absolute Gasteiger partial charge is 0.322 e. The zero-order valence-electron chi connectivity index (χ0n) is 13.2. The second kappa shape index (κ2) is 7.60. The molecule has 0 aliphatic rings. The molecule has 0 bridgehead atoms. The average molecular weight is 332 g/mol. The van der Waals surface area contributed by atoms with Gasteiger partial charge in [0.15, 0.2) is 0 Å². The number of carbonyl (C=O) groups is 3. The maximum absolute atomic E-state index is 12.1. The van der Waals surface area contributed by atoms with E-state index < -0.39 is 36.4 Å². The number of aromatic amines is 1. The van der Waals surface area contributed by atoms with Gasteiger partial charge in [0.2, 0.25) is 11.8 Å². The van der Waals surface area contributed by atoms with Crippen LogP contribution in [0.2, 0.25) is 0 Å². The number of fused-ring (bicyclic) bond motifs is 1. The molecule has 1 aromatic heterocycles. The van der Waals surface area contributed by atoms with Crippen LogP contribution in [0.4, 0.5) is 0 Å². The fourth-order valence-corrected chi connectivity index (χ4v) is 2.33. The number of amides is 2. The van der Waals surface area contributed by atoms with E-state index in [1.54, 1.807) is 6.20 Å². The second-order valence-electron chi connectivity index (χ2n) is 5.51. The molecule has 0 spiro atoms. The number of H-pyrrole nitrogens is 1. The molecule has 1 heterocycles. The van der Waals surface area contributed by atoms with Crippen LogP contribution in [0.1, 0.15) is 12.5 Å². The Morgan fingerprint density at radius 1 is 1.25 bits per heavy atom. The van der Waals surface area contributed by atoms with Gasteiger partial charge in [0, 0.05) is 17.1 Å². The van der Waals surface area contributed by atoms with E-state index in [0.717, 1.165) is 16.5 Å². The second-order valence-corrected chi connectivity index (χ2v) is 5.51. The van der Waals surface area contributed by atoms with Crippen molar-refractivity contribution in [2.45, 2.75) is 25.4 Å². The van der Waals surface area contributed by atoms with Crippen LogP contribution >= 0.6 is 0 Å². The number of carboxylic acid groups (broad SMARTS) is 1. The molecule has 8 nitrogen and oxygen atoms in total. The Bertz CT molecular complexity index is 755. The largest absolute Gasteiger partial charge is 0.480 e. The number of carbonyl (C=O) groups excluding carboxylic acids is 2. The topological polar surface area (TPSA) is 137 Å². The summed E-state index contributed by atoms with van der Waals surface area (Å²) in [5, 5.41) is 14.2. The van der Waals surface area contributed by atoms with Gasteiger partial charge in [0.05, 0.1) is 6.04 Å². The predicted octanol–water partition coefficient (Wildman–Crippen LogP) is -0.257. The summed E-state index contributed by atoms with van der Waals surface area (Å²) in [6.07, 6.45) is 2.13. The van der Waals surface area contributed by atoms with Crippen molar-refractivity contribution in [1.29, 1.82) is 0 Å². The molecule has 2 rings (SSSR count). The highest BCUT2D eigenvalue weighted by molar-refractivity contribution is 5.91. The normalized spacial score (nSPS) is 13.2. The van der Waals surface area contributed by atoms with Crippen molar-refractivity contribution in [3.05, 3.63) is 36.0 Å². The van der Waals surface area contributed by atoms with Gasteiger partial charge >= 0.3 is 5.97 Å². The van der Waals surface area contributed by atoms with E-state index in [1.165, 1.54) is 6.92 Å². The maximum atomic E-state index is 12.1. The van der Waals surface area contributed by atoms with Crippen LogP contribution in [0.3, 0.4) is 0 Å². The molecule has 2 amide bonds. The SMILES string of the molecule is CC(NC(=O)C(N)Cc1c[nH]c2ccccc12)C(=O)NCC(=O)O. The first kappa shape index (κ1) is 17.5. The lowest BCUT2D eigenvalue weighted by atomic mass is 10.0. The van der Waals surface area contributed by atoms with Crippen molar-refractivity contribution in [3.8, 4) is 0 Å². The molecule has 2 aromatic rings. The van der Waals surface area contributed by atoms with Crippen LogP contribution in [0, 0.1) is 0 Å². The molecule has 0 radical (unpaired) electrons. The molecule has 2 atom stereocenters. The van der Waals surface area contributed by atoms with Gasteiger partial charge < -0.3 is 26.5 Å². The van der Waals surface area contributed by atoms with Crippen molar-refractivity contribution in [3.63, 3.8) is 0 Å². The first-order valence-corrected chi connectivity index (χ1v) is 7.49. The fourth-order valence-electron chi connectivity index (χ4n) is 2.33.